The highest BCUT2D eigenvalue weighted by molar-refractivity contribution is 6.08. The van der Waals surface area contributed by atoms with E-state index in [0.29, 0.717) is 5.71 Å². The van der Waals surface area contributed by atoms with Crippen LogP contribution in [-0.4, -0.2) is 9.97 Å². The molecule has 0 amide bonds. The van der Waals surface area contributed by atoms with Crippen LogP contribution in [0.1, 0.15) is 24.0 Å². The van der Waals surface area contributed by atoms with E-state index >= 15 is 0 Å². The topological polar surface area (TPSA) is 38.9 Å². The number of benzene rings is 2. The molecule has 0 spiro atoms. The summed E-state index contributed by atoms with van der Waals surface area (Å²) in [7, 11) is 0. The number of aromatic nitrogens is 2. The van der Waals surface area contributed by atoms with Crippen LogP contribution in [0, 0.1) is 0 Å². The fourth-order valence-corrected chi connectivity index (χ4v) is 4.53. The van der Waals surface area contributed by atoms with Gasteiger partial charge in [-0.2, -0.15) is 0 Å². The summed E-state index contributed by atoms with van der Waals surface area (Å²) < 4.78 is 6.34. The predicted molar refractivity (Wildman–Crippen MR) is 117 cm³/mol. The van der Waals surface area contributed by atoms with Crippen LogP contribution in [0.5, 0.6) is 0 Å². The maximum absolute atomic E-state index is 6.34. The zero-order valence-corrected chi connectivity index (χ0v) is 16.1. The largest absolute Gasteiger partial charge is 0.437 e. The van der Waals surface area contributed by atoms with Crippen molar-refractivity contribution in [3.8, 4) is 22.5 Å². The number of para-hydroxylation sites is 1. The van der Waals surface area contributed by atoms with Crippen molar-refractivity contribution in [3.63, 3.8) is 0 Å². The Morgan fingerprint density at radius 3 is 2.59 bits per heavy atom. The molecule has 6 rings (SSSR count). The molecule has 1 aliphatic carbocycles. The van der Waals surface area contributed by atoms with Gasteiger partial charge in [-0.3, -0.25) is 4.98 Å². The molecule has 0 saturated heterocycles. The number of furan rings is 1. The van der Waals surface area contributed by atoms with E-state index in [9.17, 15) is 0 Å². The number of aryl methyl sites for hydroxylation is 1. The molecular formula is C26H20N2O. The van der Waals surface area contributed by atoms with Crippen molar-refractivity contribution in [1.82, 2.24) is 9.97 Å². The minimum atomic E-state index is 0.679. The SMILES string of the molecule is c1ccc(-c2ccc3c(n2)oc2c(-c4nccc5c4CCCC5)cccc23)cc1. The van der Waals surface area contributed by atoms with Gasteiger partial charge in [-0.25, -0.2) is 4.98 Å². The predicted octanol–water partition coefficient (Wildman–Crippen LogP) is 6.59. The van der Waals surface area contributed by atoms with Gasteiger partial charge in [-0.05, 0) is 61.1 Å². The lowest BCUT2D eigenvalue weighted by Crippen LogP contribution is -2.05. The Morgan fingerprint density at radius 1 is 0.759 bits per heavy atom. The molecule has 2 aromatic carbocycles. The van der Waals surface area contributed by atoms with Crippen LogP contribution < -0.4 is 0 Å². The molecule has 0 aliphatic heterocycles. The van der Waals surface area contributed by atoms with Gasteiger partial charge in [0.1, 0.15) is 5.58 Å². The third-order valence-electron chi connectivity index (χ3n) is 5.96. The highest BCUT2D eigenvalue weighted by atomic mass is 16.3. The highest BCUT2D eigenvalue weighted by Gasteiger charge is 2.19. The molecule has 0 N–H and O–H groups in total. The summed E-state index contributed by atoms with van der Waals surface area (Å²) >= 11 is 0. The van der Waals surface area contributed by atoms with Crippen molar-refractivity contribution in [2.45, 2.75) is 25.7 Å². The molecule has 0 saturated carbocycles. The lowest BCUT2D eigenvalue weighted by atomic mass is 9.89. The Labute approximate surface area is 169 Å². The summed E-state index contributed by atoms with van der Waals surface area (Å²) in [4.78, 5) is 9.59. The first-order chi connectivity index (χ1) is 14.4. The van der Waals surface area contributed by atoms with Gasteiger partial charge in [0.2, 0.25) is 5.71 Å². The Hall–Kier alpha value is -3.46. The van der Waals surface area contributed by atoms with E-state index in [1.807, 2.05) is 24.4 Å². The van der Waals surface area contributed by atoms with E-state index in [0.717, 1.165) is 51.7 Å². The molecule has 0 bridgehead atoms. The summed E-state index contributed by atoms with van der Waals surface area (Å²) in [5.41, 5.74) is 8.52. The molecule has 0 radical (unpaired) electrons. The summed E-state index contributed by atoms with van der Waals surface area (Å²) in [6.07, 6.45) is 6.66. The zero-order valence-electron chi connectivity index (χ0n) is 16.1. The van der Waals surface area contributed by atoms with Crippen LogP contribution in [0.3, 0.4) is 0 Å². The number of hydrogen-bond donors (Lipinski definition) is 0. The van der Waals surface area contributed by atoms with Crippen molar-refractivity contribution in [2.75, 3.05) is 0 Å². The molecule has 5 aromatic rings. The minimum absolute atomic E-state index is 0.679. The van der Waals surface area contributed by atoms with E-state index in [1.54, 1.807) is 0 Å². The van der Waals surface area contributed by atoms with E-state index < -0.39 is 0 Å². The normalized spacial score (nSPS) is 13.7. The van der Waals surface area contributed by atoms with Gasteiger partial charge in [0, 0.05) is 28.1 Å². The number of pyridine rings is 2. The number of rotatable bonds is 2. The van der Waals surface area contributed by atoms with E-state index in [-0.39, 0.29) is 0 Å². The van der Waals surface area contributed by atoms with Gasteiger partial charge in [0.05, 0.1) is 11.4 Å². The van der Waals surface area contributed by atoms with Crippen molar-refractivity contribution in [1.29, 1.82) is 0 Å². The Balaban J connectivity index is 1.58. The van der Waals surface area contributed by atoms with Crippen LogP contribution in [0.2, 0.25) is 0 Å². The average Bonchev–Trinajstić information content (AvgIpc) is 3.17. The monoisotopic (exact) mass is 376 g/mol. The second-order valence-electron chi connectivity index (χ2n) is 7.70. The first kappa shape index (κ1) is 16.5. The first-order valence-corrected chi connectivity index (χ1v) is 10.2. The lowest BCUT2D eigenvalue weighted by molar-refractivity contribution is 0.654. The van der Waals surface area contributed by atoms with Crippen molar-refractivity contribution >= 4 is 22.1 Å². The van der Waals surface area contributed by atoms with Crippen LogP contribution >= 0.6 is 0 Å². The third kappa shape index (κ3) is 2.65. The van der Waals surface area contributed by atoms with Gasteiger partial charge in [0.15, 0.2) is 0 Å². The maximum atomic E-state index is 6.34. The molecule has 1 aliphatic rings. The van der Waals surface area contributed by atoms with Crippen LogP contribution in [-0.2, 0) is 12.8 Å². The highest BCUT2D eigenvalue weighted by Crippen LogP contribution is 2.38. The molecule has 0 fully saturated rings. The van der Waals surface area contributed by atoms with Gasteiger partial charge in [-0.15, -0.1) is 0 Å². The van der Waals surface area contributed by atoms with Crippen LogP contribution in [0.15, 0.2) is 77.3 Å². The van der Waals surface area contributed by atoms with Crippen LogP contribution in [0.4, 0.5) is 0 Å². The second kappa shape index (κ2) is 6.56. The second-order valence-corrected chi connectivity index (χ2v) is 7.70. The Bertz CT molecular complexity index is 1350. The van der Waals surface area contributed by atoms with E-state index in [1.165, 1.54) is 24.0 Å². The van der Waals surface area contributed by atoms with Gasteiger partial charge in [0.25, 0.3) is 0 Å². The molecule has 140 valence electrons. The number of hydrogen-bond acceptors (Lipinski definition) is 3. The zero-order chi connectivity index (χ0) is 19.2. The van der Waals surface area contributed by atoms with Gasteiger partial charge in [-0.1, -0.05) is 42.5 Å². The standard InChI is InChI=1S/C26H20N2O/c1-2-8-18(9-3-1)23-14-13-21-20-11-6-12-22(25(20)29-26(21)28-23)24-19-10-5-4-7-17(19)15-16-27-24/h1-3,6,8-9,11-16H,4-5,7,10H2. The Kier molecular flexibility index (Phi) is 3.73. The van der Waals surface area contributed by atoms with Crippen molar-refractivity contribution in [3.05, 3.63) is 84.1 Å². The molecule has 0 atom stereocenters. The van der Waals surface area contributed by atoms with Gasteiger partial charge < -0.3 is 4.42 Å². The molecule has 3 heterocycles. The molecule has 29 heavy (non-hydrogen) atoms. The smallest absolute Gasteiger partial charge is 0.227 e. The number of nitrogens with zero attached hydrogens (tertiary/aromatic N) is 2. The quantitative estimate of drug-likeness (QED) is 0.349. The fourth-order valence-electron chi connectivity index (χ4n) is 4.53. The molecule has 3 nitrogen and oxygen atoms in total. The van der Waals surface area contributed by atoms with Crippen molar-refractivity contribution in [2.24, 2.45) is 0 Å². The Morgan fingerprint density at radius 2 is 1.66 bits per heavy atom. The first-order valence-electron chi connectivity index (χ1n) is 10.2. The molecule has 3 heteroatoms. The summed E-state index contributed by atoms with van der Waals surface area (Å²) in [6.45, 7) is 0. The van der Waals surface area contributed by atoms with E-state index in [4.69, 9.17) is 14.4 Å². The number of fused-ring (bicyclic) bond motifs is 4. The molecule has 3 aromatic heterocycles. The summed E-state index contributed by atoms with van der Waals surface area (Å²) in [5, 5.41) is 2.14. The van der Waals surface area contributed by atoms with E-state index in [2.05, 4.69) is 48.5 Å². The van der Waals surface area contributed by atoms with Gasteiger partial charge >= 0.3 is 0 Å². The summed E-state index contributed by atoms with van der Waals surface area (Å²) in [6, 6.07) is 22.9. The average molecular weight is 376 g/mol. The van der Waals surface area contributed by atoms with Crippen molar-refractivity contribution < 1.29 is 4.42 Å². The molecular weight excluding hydrogens is 356 g/mol. The minimum Gasteiger partial charge on any atom is -0.437 e. The maximum Gasteiger partial charge on any atom is 0.227 e. The summed E-state index contributed by atoms with van der Waals surface area (Å²) in [5.74, 6) is 0. The third-order valence-corrected chi connectivity index (χ3v) is 5.96. The van der Waals surface area contributed by atoms with Crippen LogP contribution in [0.25, 0.3) is 44.6 Å². The lowest BCUT2D eigenvalue weighted by Gasteiger charge is -2.18. The molecule has 0 unspecified atom stereocenters. The fraction of sp³-hybridized carbons (Fsp3) is 0.154.